The maximum atomic E-state index is 14.0. The predicted octanol–water partition coefficient (Wildman–Crippen LogP) is -2.19. The molecule has 0 saturated carbocycles. The summed E-state index contributed by atoms with van der Waals surface area (Å²) in [5.74, 6) is -9.03. The van der Waals surface area contributed by atoms with E-state index in [0.717, 1.165) is 13.8 Å². The molecule has 10 atom stereocenters. The first kappa shape index (κ1) is 48.5. The van der Waals surface area contributed by atoms with Gasteiger partial charge in [-0.15, -0.1) is 0 Å². The van der Waals surface area contributed by atoms with E-state index in [1.54, 1.807) is 58.2 Å². The normalized spacial score (nSPS) is 16.5. The lowest BCUT2D eigenvalue weighted by Crippen LogP contribution is -2.64. The number of aliphatic carboxylic acids is 1. The van der Waals surface area contributed by atoms with Crippen LogP contribution in [-0.4, -0.2) is 127 Å². The van der Waals surface area contributed by atoms with Gasteiger partial charge in [0.25, 0.3) is 0 Å². The minimum absolute atomic E-state index is 0.167. The number of nitrogens with one attached hydrogen (secondary N) is 7. The molecule has 0 aliphatic heterocycles. The molecule has 7 amide bonds. The van der Waals surface area contributed by atoms with E-state index in [4.69, 9.17) is 5.73 Å². The summed E-state index contributed by atoms with van der Waals surface area (Å²) in [6.07, 6.45) is -4.01. The molecular weight excluding hydrogens is 760 g/mol. The van der Waals surface area contributed by atoms with Gasteiger partial charge in [0.05, 0.1) is 12.2 Å². The summed E-state index contributed by atoms with van der Waals surface area (Å²) >= 11 is 0. The monoisotopic (exact) mass is 818 g/mol. The van der Waals surface area contributed by atoms with E-state index in [1.807, 2.05) is 0 Å². The first-order valence-electron chi connectivity index (χ1n) is 19.0. The number of nitrogens with two attached hydrogens (primary N) is 1. The van der Waals surface area contributed by atoms with E-state index < -0.39 is 120 Å². The minimum Gasteiger partial charge on any atom is -0.480 e. The Morgan fingerprint density at radius 2 is 1.22 bits per heavy atom. The van der Waals surface area contributed by atoms with Gasteiger partial charge in [-0.2, -0.15) is 0 Å². The highest BCUT2D eigenvalue weighted by molar-refractivity contribution is 5.97. The molecule has 0 aliphatic carbocycles. The van der Waals surface area contributed by atoms with Crippen molar-refractivity contribution in [2.45, 2.75) is 129 Å². The quantitative estimate of drug-likeness (QED) is 0.0569. The molecule has 0 bridgehead atoms. The molecular formula is C38H58N8O12. The molecule has 322 valence electrons. The van der Waals surface area contributed by atoms with E-state index in [9.17, 15) is 58.8 Å². The van der Waals surface area contributed by atoms with Gasteiger partial charge in [-0.25, -0.2) is 4.79 Å². The first-order valence-corrected chi connectivity index (χ1v) is 19.0. The number of aromatic amines is 1. The number of hydrogen-bond acceptors (Lipinski definition) is 11. The standard InChI is InChI=1S/C38H58N8O12/c1-8-18(4)29(45-33(52)25(13-14-27(39)50)42-36(55)30(19(5)47)41-21(7)49)35(54)46-31(32(51)20(6)48)37(56)43-26(34(53)44-28(17(2)3)38(57)58)15-22-16-40-24-12-10-9-11-23(22)24/h9-12,16-20,25-26,28-32,40,47-48,51H,8,13-15H2,1-7H3,(H2,39,50)(H,41,49)(H,42,55)(H,43,56)(H,44,53)(H,45,52)(H,46,54)(H,57,58)/t18-,19+,20+,25-,26-,28-,29-,30-,31-,32+/m0/s1. The van der Waals surface area contributed by atoms with E-state index in [2.05, 4.69) is 36.9 Å². The smallest absolute Gasteiger partial charge is 0.326 e. The molecule has 1 aromatic heterocycles. The third-order valence-electron chi connectivity index (χ3n) is 9.61. The van der Waals surface area contributed by atoms with Crippen LogP contribution in [0.3, 0.4) is 0 Å². The van der Waals surface area contributed by atoms with E-state index in [0.29, 0.717) is 16.5 Å². The predicted molar refractivity (Wildman–Crippen MR) is 209 cm³/mol. The van der Waals surface area contributed by atoms with Crippen LogP contribution in [0.4, 0.5) is 0 Å². The van der Waals surface area contributed by atoms with Crippen LogP contribution in [0.2, 0.25) is 0 Å². The molecule has 2 rings (SSSR count). The second-order valence-electron chi connectivity index (χ2n) is 14.8. The van der Waals surface area contributed by atoms with Gasteiger partial charge in [-0.05, 0) is 43.7 Å². The third kappa shape index (κ3) is 14.1. The summed E-state index contributed by atoms with van der Waals surface area (Å²) in [7, 11) is 0. The van der Waals surface area contributed by atoms with Gasteiger partial charge < -0.3 is 63.0 Å². The lowest BCUT2D eigenvalue weighted by molar-refractivity contribution is -0.144. The molecule has 20 nitrogen and oxygen atoms in total. The molecule has 20 heteroatoms. The Labute approximate surface area is 335 Å². The van der Waals surface area contributed by atoms with Crippen molar-refractivity contribution in [3.63, 3.8) is 0 Å². The Balaban J connectivity index is 2.48. The topological polar surface area (TPSA) is 331 Å². The number of carboxylic acids is 1. The van der Waals surface area contributed by atoms with Crippen molar-refractivity contribution in [2.75, 3.05) is 0 Å². The number of aliphatic hydroxyl groups is 3. The lowest BCUT2D eigenvalue weighted by atomic mass is 9.96. The number of para-hydroxylation sites is 1. The SMILES string of the molecule is CC[C@H](C)[C@H](NC(=O)[C@H](CCC(N)=O)NC(=O)[C@@H](NC(C)=O)[C@@H](C)O)C(=O)N[C@H](C(=O)N[C@@H](Cc1c[nH]c2ccccc12)C(=O)N[C@H](C(=O)O)C(C)C)[C@H](O)[C@@H](C)O. The highest BCUT2D eigenvalue weighted by atomic mass is 16.4. The number of carbonyl (C=O) groups excluding carboxylic acids is 7. The van der Waals surface area contributed by atoms with E-state index >= 15 is 0 Å². The van der Waals surface area contributed by atoms with Crippen molar-refractivity contribution >= 4 is 58.2 Å². The van der Waals surface area contributed by atoms with Crippen LogP contribution >= 0.6 is 0 Å². The number of amides is 7. The zero-order valence-corrected chi connectivity index (χ0v) is 33.7. The summed E-state index contributed by atoms with van der Waals surface area (Å²) in [6, 6.07) is -2.10. The fourth-order valence-electron chi connectivity index (χ4n) is 5.98. The Kier molecular flexibility index (Phi) is 18.7. The number of fused-ring (bicyclic) bond motifs is 1. The highest BCUT2D eigenvalue weighted by Crippen LogP contribution is 2.20. The van der Waals surface area contributed by atoms with Crippen LogP contribution in [0.5, 0.6) is 0 Å². The largest absolute Gasteiger partial charge is 0.480 e. The second-order valence-corrected chi connectivity index (χ2v) is 14.8. The van der Waals surface area contributed by atoms with Gasteiger partial charge in [-0.1, -0.05) is 52.3 Å². The van der Waals surface area contributed by atoms with Gasteiger partial charge in [0.1, 0.15) is 42.4 Å². The molecule has 0 radical (unpaired) electrons. The summed E-state index contributed by atoms with van der Waals surface area (Å²) in [5.41, 5.74) is 6.57. The summed E-state index contributed by atoms with van der Waals surface area (Å²) < 4.78 is 0. The fourth-order valence-corrected chi connectivity index (χ4v) is 5.98. The van der Waals surface area contributed by atoms with Crippen molar-refractivity contribution in [1.29, 1.82) is 0 Å². The van der Waals surface area contributed by atoms with Crippen molar-refractivity contribution in [2.24, 2.45) is 17.6 Å². The molecule has 0 fully saturated rings. The van der Waals surface area contributed by atoms with Crippen LogP contribution in [0.25, 0.3) is 10.9 Å². The van der Waals surface area contributed by atoms with Crippen molar-refractivity contribution < 1.29 is 58.8 Å². The summed E-state index contributed by atoms with van der Waals surface area (Å²) in [5, 5.41) is 56.4. The Morgan fingerprint density at radius 1 is 0.690 bits per heavy atom. The average Bonchev–Trinajstić information content (AvgIpc) is 3.56. The average molecular weight is 819 g/mol. The Bertz CT molecular complexity index is 1780. The molecule has 0 aliphatic rings. The second kappa shape index (κ2) is 22.4. The van der Waals surface area contributed by atoms with Crippen molar-refractivity contribution in [3.8, 4) is 0 Å². The number of carbonyl (C=O) groups is 8. The van der Waals surface area contributed by atoms with Gasteiger partial charge >= 0.3 is 5.97 Å². The lowest BCUT2D eigenvalue weighted by Gasteiger charge is -2.31. The van der Waals surface area contributed by atoms with Crippen LogP contribution in [0.1, 0.15) is 73.3 Å². The maximum absolute atomic E-state index is 14.0. The Hall–Kier alpha value is -5.60. The number of carboxylic acid groups (broad SMARTS) is 1. The maximum Gasteiger partial charge on any atom is 0.326 e. The van der Waals surface area contributed by atoms with Crippen LogP contribution in [0, 0.1) is 11.8 Å². The van der Waals surface area contributed by atoms with Gasteiger partial charge in [0.15, 0.2) is 0 Å². The molecule has 1 aromatic carbocycles. The third-order valence-corrected chi connectivity index (χ3v) is 9.61. The molecule has 1 heterocycles. The molecule has 0 saturated heterocycles. The Morgan fingerprint density at radius 3 is 1.76 bits per heavy atom. The number of aliphatic hydroxyl groups excluding tert-OH is 3. The van der Waals surface area contributed by atoms with Crippen molar-refractivity contribution in [3.05, 3.63) is 36.0 Å². The molecule has 0 spiro atoms. The molecule has 2 aromatic rings. The fraction of sp³-hybridized carbons (Fsp3) is 0.579. The van der Waals surface area contributed by atoms with Gasteiger partial charge in [0.2, 0.25) is 41.4 Å². The van der Waals surface area contributed by atoms with Gasteiger partial charge in [0, 0.05) is 36.9 Å². The number of H-pyrrole nitrogens is 1. The summed E-state index contributed by atoms with van der Waals surface area (Å²) in [6.45, 7) is 9.91. The zero-order chi connectivity index (χ0) is 44.0. The molecule has 0 unspecified atom stereocenters. The van der Waals surface area contributed by atoms with Crippen LogP contribution in [0.15, 0.2) is 30.5 Å². The number of primary amides is 1. The number of rotatable bonds is 23. The summed E-state index contributed by atoms with van der Waals surface area (Å²) in [4.78, 5) is 107. The molecule has 58 heavy (non-hydrogen) atoms. The zero-order valence-electron chi connectivity index (χ0n) is 33.7. The minimum atomic E-state index is -1.97. The van der Waals surface area contributed by atoms with E-state index in [-0.39, 0.29) is 19.3 Å². The number of benzene rings is 1. The van der Waals surface area contributed by atoms with Crippen LogP contribution in [-0.2, 0) is 44.8 Å². The first-order chi connectivity index (χ1) is 27.1. The van der Waals surface area contributed by atoms with E-state index in [1.165, 1.54) is 6.92 Å². The number of hydrogen-bond donors (Lipinski definition) is 12. The number of aromatic nitrogens is 1. The van der Waals surface area contributed by atoms with Crippen LogP contribution < -0.4 is 37.6 Å². The highest BCUT2D eigenvalue weighted by Gasteiger charge is 2.39. The van der Waals surface area contributed by atoms with Gasteiger partial charge in [-0.3, -0.25) is 33.6 Å². The molecule has 13 N–H and O–H groups in total. The van der Waals surface area contributed by atoms with Crippen molar-refractivity contribution in [1.82, 2.24) is 36.9 Å².